The standard InChI is InChI=1S/C60H50N2/c1-59(2)51-33-39(23-27-47(51)48-29-25-45(37-52(48)59)61-55-17-7-3-13-41(55)35-42-14-4-8-18-56(42)61)21-22-40-24-28-49-50-30-26-46(38-54(50)60(53(49)34-40)31-11-12-32-60)62-57-19-9-5-15-43(57)36-44-16-6-10-20-58(44)62/h3,5-10,13,15-30,33-34,37-38H,4,11-12,14,31-32,35-36H2,1-2H3/b22-21+. The van der Waals surface area contributed by atoms with E-state index in [0.717, 1.165) is 25.7 Å². The number of hydrogen-bond donors (Lipinski definition) is 0. The lowest BCUT2D eigenvalue weighted by molar-refractivity contribution is 0.550. The molecule has 2 aliphatic heterocycles. The average molecular weight is 799 g/mol. The highest BCUT2D eigenvalue weighted by Gasteiger charge is 2.45. The lowest BCUT2D eigenvalue weighted by Gasteiger charge is -2.36. The van der Waals surface area contributed by atoms with Crippen LogP contribution < -0.4 is 9.80 Å². The Morgan fingerprint density at radius 3 is 1.61 bits per heavy atom. The molecule has 1 saturated carbocycles. The number of para-hydroxylation sites is 3. The molecule has 6 aliphatic rings. The van der Waals surface area contributed by atoms with Crippen LogP contribution in [-0.2, 0) is 23.7 Å². The molecule has 300 valence electrons. The summed E-state index contributed by atoms with van der Waals surface area (Å²) in [5.41, 5.74) is 27.4. The van der Waals surface area contributed by atoms with Gasteiger partial charge in [-0.15, -0.1) is 0 Å². The van der Waals surface area contributed by atoms with Gasteiger partial charge in [-0.1, -0.05) is 148 Å². The summed E-state index contributed by atoms with van der Waals surface area (Å²) in [6.07, 6.45) is 18.7. The van der Waals surface area contributed by atoms with E-state index in [-0.39, 0.29) is 10.8 Å². The van der Waals surface area contributed by atoms with E-state index in [9.17, 15) is 0 Å². The Hall–Kier alpha value is -6.64. The maximum atomic E-state index is 2.55. The lowest BCUT2D eigenvalue weighted by Crippen LogP contribution is -2.25. The molecule has 0 amide bonds. The van der Waals surface area contributed by atoms with Crippen molar-refractivity contribution >= 4 is 40.6 Å². The first kappa shape index (κ1) is 36.1. The van der Waals surface area contributed by atoms with Gasteiger partial charge in [-0.05, 0) is 159 Å². The minimum atomic E-state index is -0.120. The SMILES string of the molecule is CC1(C)c2cc(/C=C/c3ccc4c(c3)C3(CCCC3)c3cc(N5c6ccccc6Cc6ccccc65)ccc3-4)ccc2-c2ccc(N3C4=C(CCC=C4)Cc4ccccc43)cc21. The molecule has 7 aromatic rings. The third-order valence-electron chi connectivity index (χ3n) is 15.5. The first-order valence-electron chi connectivity index (χ1n) is 22.9. The van der Waals surface area contributed by atoms with Crippen molar-refractivity contribution < 1.29 is 0 Å². The maximum Gasteiger partial charge on any atom is 0.0497 e. The molecule has 0 saturated heterocycles. The summed E-state index contributed by atoms with van der Waals surface area (Å²) < 4.78 is 0. The number of rotatable bonds is 4. The predicted octanol–water partition coefficient (Wildman–Crippen LogP) is 15.7. The van der Waals surface area contributed by atoms with Crippen molar-refractivity contribution in [2.45, 2.75) is 76.0 Å². The van der Waals surface area contributed by atoms with Crippen LogP contribution in [0.1, 0.15) is 102 Å². The summed E-state index contributed by atoms with van der Waals surface area (Å²) in [6, 6.07) is 55.9. The molecule has 0 radical (unpaired) electrons. The Balaban J connectivity index is 0.822. The van der Waals surface area contributed by atoms with Crippen molar-refractivity contribution in [1.82, 2.24) is 0 Å². The largest absolute Gasteiger partial charge is 0.310 e. The predicted molar refractivity (Wildman–Crippen MR) is 259 cm³/mol. The first-order chi connectivity index (χ1) is 30.4. The van der Waals surface area contributed by atoms with Crippen molar-refractivity contribution in [3.63, 3.8) is 0 Å². The van der Waals surface area contributed by atoms with Crippen molar-refractivity contribution in [1.29, 1.82) is 0 Å². The fourth-order valence-corrected chi connectivity index (χ4v) is 12.4. The van der Waals surface area contributed by atoms with E-state index in [4.69, 9.17) is 0 Å². The Labute approximate surface area is 366 Å². The van der Waals surface area contributed by atoms with Gasteiger partial charge in [-0.3, -0.25) is 0 Å². The van der Waals surface area contributed by atoms with E-state index in [0.29, 0.717) is 0 Å². The minimum absolute atomic E-state index is 0.0588. The molecule has 62 heavy (non-hydrogen) atoms. The number of benzene rings is 7. The van der Waals surface area contributed by atoms with E-state index in [1.54, 1.807) is 5.57 Å². The van der Waals surface area contributed by atoms with Gasteiger partial charge in [0.25, 0.3) is 0 Å². The van der Waals surface area contributed by atoms with Crippen molar-refractivity contribution in [2.24, 2.45) is 0 Å². The molecule has 0 unspecified atom stereocenters. The highest BCUT2D eigenvalue weighted by molar-refractivity contribution is 5.90. The molecule has 1 fully saturated rings. The average Bonchev–Trinajstić information content (AvgIpc) is 3.98. The van der Waals surface area contributed by atoms with E-state index < -0.39 is 0 Å². The lowest BCUT2D eigenvalue weighted by atomic mass is 9.76. The fourth-order valence-electron chi connectivity index (χ4n) is 12.4. The van der Waals surface area contributed by atoms with Gasteiger partial charge < -0.3 is 9.80 Å². The normalized spacial score (nSPS) is 18.0. The summed E-state index contributed by atoms with van der Waals surface area (Å²) in [4.78, 5) is 5.03. The van der Waals surface area contributed by atoms with Crippen LogP contribution in [0.3, 0.4) is 0 Å². The first-order valence-corrected chi connectivity index (χ1v) is 22.9. The Morgan fingerprint density at radius 2 is 0.968 bits per heavy atom. The van der Waals surface area contributed by atoms with Gasteiger partial charge in [0.1, 0.15) is 0 Å². The smallest absolute Gasteiger partial charge is 0.0497 e. The zero-order valence-electron chi connectivity index (χ0n) is 35.7. The fraction of sp³-hybridized carbons (Fsp3) is 0.200. The Bertz CT molecular complexity index is 3080. The van der Waals surface area contributed by atoms with Crippen LogP contribution in [0.4, 0.5) is 28.4 Å². The third kappa shape index (κ3) is 5.22. The van der Waals surface area contributed by atoms with Gasteiger partial charge in [0, 0.05) is 51.4 Å². The molecule has 2 nitrogen and oxygen atoms in total. The number of hydrogen-bond acceptors (Lipinski definition) is 2. The van der Waals surface area contributed by atoms with Crippen LogP contribution in [0, 0.1) is 0 Å². The number of allylic oxidation sites excluding steroid dienone is 3. The van der Waals surface area contributed by atoms with E-state index >= 15 is 0 Å². The number of fused-ring (bicyclic) bond motifs is 11. The molecule has 2 heteroatoms. The molecule has 4 aliphatic carbocycles. The second-order valence-electron chi connectivity index (χ2n) is 19.2. The van der Waals surface area contributed by atoms with Gasteiger partial charge >= 0.3 is 0 Å². The molecule has 2 heterocycles. The zero-order chi connectivity index (χ0) is 41.2. The topological polar surface area (TPSA) is 6.48 Å². The van der Waals surface area contributed by atoms with Crippen LogP contribution in [-0.4, -0.2) is 0 Å². The molecule has 0 N–H and O–H groups in total. The molecule has 1 spiro atoms. The van der Waals surface area contributed by atoms with Crippen LogP contribution in [0.5, 0.6) is 0 Å². The second kappa shape index (κ2) is 13.4. The van der Waals surface area contributed by atoms with Crippen molar-refractivity contribution in [2.75, 3.05) is 9.80 Å². The summed E-state index contributed by atoms with van der Waals surface area (Å²) in [7, 11) is 0. The Kier molecular flexibility index (Phi) is 7.81. The molecule has 0 bridgehead atoms. The molecule has 13 rings (SSSR count). The van der Waals surface area contributed by atoms with Crippen LogP contribution >= 0.6 is 0 Å². The van der Waals surface area contributed by atoms with Crippen LogP contribution in [0.2, 0.25) is 0 Å². The van der Waals surface area contributed by atoms with Gasteiger partial charge in [0.15, 0.2) is 0 Å². The summed E-state index contributed by atoms with van der Waals surface area (Å²) in [6.45, 7) is 4.83. The summed E-state index contributed by atoms with van der Waals surface area (Å²) in [5.74, 6) is 0. The van der Waals surface area contributed by atoms with Gasteiger partial charge in [0.2, 0.25) is 0 Å². The quantitative estimate of drug-likeness (QED) is 0.164. The minimum Gasteiger partial charge on any atom is -0.310 e. The molecule has 0 atom stereocenters. The van der Waals surface area contributed by atoms with Crippen molar-refractivity contribution in [3.8, 4) is 22.3 Å². The van der Waals surface area contributed by atoms with Crippen LogP contribution in [0.25, 0.3) is 34.4 Å². The zero-order valence-corrected chi connectivity index (χ0v) is 35.7. The maximum absolute atomic E-state index is 2.55. The van der Waals surface area contributed by atoms with E-state index in [1.165, 1.54) is 132 Å². The van der Waals surface area contributed by atoms with Gasteiger partial charge in [0.05, 0.1) is 0 Å². The third-order valence-corrected chi connectivity index (χ3v) is 15.5. The molecular weight excluding hydrogens is 749 g/mol. The Morgan fingerprint density at radius 1 is 0.484 bits per heavy atom. The van der Waals surface area contributed by atoms with E-state index in [1.807, 2.05) is 0 Å². The highest BCUT2D eigenvalue weighted by atomic mass is 15.2. The molecule has 0 aromatic heterocycles. The van der Waals surface area contributed by atoms with Crippen molar-refractivity contribution in [3.05, 3.63) is 219 Å². The number of nitrogens with zero attached hydrogens (tertiary/aromatic N) is 2. The second-order valence-corrected chi connectivity index (χ2v) is 19.2. The van der Waals surface area contributed by atoms with Gasteiger partial charge in [-0.2, -0.15) is 0 Å². The molecule has 7 aromatic carbocycles. The highest BCUT2D eigenvalue weighted by Crippen LogP contribution is 2.59. The van der Waals surface area contributed by atoms with Crippen LogP contribution in [0.15, 0.2) is 169 Å². The van der Waals surface area contributed by atoms with E-state index in [2.05, 4.69) is 194 Å². The summed E-state index contributed by atoms with van der Waals surface area (Å²) in [5, 5.41) is 0. The monoisotopic (exact) mass is 798 g/mol. The molecular formula is C60H50N2. The number of anilines is 5. The summed E-state index contributed by atoms with van der Waals surface area (Å²) >= 11 is 0. The van der Waals surface area contributed by atoms with Gasteiger partial charge in [-0.25, -0.2) is 0 Å².